The Hall–Kier alpha value is -1.35. The molecular weight excluding hydrogens is 250 g/mol. The van der Waals surface area contributed by atoms with Gasteiger partial charge in [-0.2, -0.15) is 0 Å². The molecule has 0 bridgehead atoms. The average molecular weight is 277 g/mol. The summed E-state index contributed by atoms with van der Waals surface area (Å²) < 4.78 is 0. The van der Waals surface area contributed by atoms with Crippen molar-refractivity contribution in [3.8, 4) is 0 Å². The molecule has 20 heavy (non-hydrogen) atoms. The van der Waals surface area contributed by atoms with Crippen molar-refractivity contribution in [1.82, 2.24) is 4.90 Å². The maximum absolute atomic E-state index is 10.7. The molecule has 1 atom stereocenters. The van der Waals surface area contributed by atoms with Crippen LogP contribution >= 0.6 is 0 Å². The zero-order valence-electron chi connectivity index (χ0n) is 13.0. The minimum atomic E-state index is -0.713. The van der Waals surface area contributed by atoms with E-state index in [1.54, 1.807) is 0 Å². The largest absolute Gasteiger partial charge is 0.481 e. The highest BCUT2D eigenvalue weighted by Gasteiger charge is 2.25. The maximum atomic E-state index is 10.7. The van der Waals surface area contributed by atoms with Gasteiger partial charge in [-0.1, -0.05) is 44.2 Å². The second-order valence-corrected chi connectivity index (χ2v) is 5.93. The van der Waals surface area contributed by atoms with Crippen molar-refractivity contribution in [2.45, 2.75) is 52.6 Å². The van der Waals surface area contributed by atoms with Gasteiger partial charge < -0.3 is 5.11 Å². The average Bonchev–Trinajstić information content (AvgIpc) is 2.37. The van der Waals surface area contributed by atoms with E-state index in [1.165, 1.54) is 5.56 Å². The summed E-state index contributed by atoms with van der Waals surface area (Å²) in [5.41, 5.74) is 1.31. The number of carboxylic acids is 1. The topological polar surface area (TPSA) is 40.5 Å². The molecule has 0 aromatic heterocycles. The Labute approximate surface area is 122 Å². The highest BCUT2D eigenvalue weighted by molar-refractivity contribution is 5.66. The van der Waals surface area contributed by atoms with Crippen LogP contribution in [-0.2, 0) is 4.79 Å². The molecule has 0 heterocycles. The lowest BCUT2D eigenvalue weighted by Crippen LogP contribution is -2.38. The molecule has 0 spiro atoms. The molecule has 0 saturated heterocycles. The van der Waals surface area contributed by atoms with E-state index >= 15 is 0 Å². The van der Waals surface area contributed by atoms with Gasteiger partial charge in [0, 0.05) is 18.5 Å². The number of benzene rings is 1. The third-order valence-electron chi connectivity index (χ3n) is 3.60. The second kappa shape index (κ2) is 8.05. The van der Waals surface area contributed by atoms with Gasteiger partial charge >= 0.3 is 5.97 Å². The summed E-state index contributed by atoms with van der Waals surface area (Å²) in [5, 5.41) is 8.81. The number of carbonyl (C=O) groups is 1. The van der Waals surface area contributed by atoms with Gasteiger partial charge in [0.05, 0.1) is 0 Å². The van der Waals surface area contributed by atoms with Crippen LogP contribution in [0.3, 0.4) is 0 Å². The van der Waals surface area contributed by atoms with Crippen LogP contribution < -0.4 is 0 Å². The van der Waals surface area contributed by atoms with Gasteiger partial charge in [0.1, 0.15) is 0 Å². The fourth-order valence-electron chi connectivity index (χ4n) is 2.74. The molecule has 0 fully saturated rings. The minimum Gasteiger partial charge on any atom is -0.481 e. The Morgan fingerprint density at radius 1 is 1.15 bits per heavy atom. The molecule has 112 valence electrons. The van der Waals surface area contributed by atoms with Crippen LogP contribution in [0.1, 0.15) is 52.1 Å². The normalized spacial score (nSPS) is 13.2. The minimum absolute atomic E-state index is 0.239. The van der Waals surface area contributed by atoms with Crippen LogP contribution in [0.2, 0.25) is 0 Å². The first-order chi connectivity index (χ1) is 9.43. The monoisotopic (exact) mass is 277 g/mol. The van der Waals surface area contributed by atoms with E-state index in [9.17, 15) is 4.79 Å². The molecule has 0 aliphatic heterocycles. The van der Waals surface area contributed by atoms with Crippen LogP contribution in [0.25, 0.3) is 0 Å². The van der Waals surface area contributed by atoms with Crippen LogP contribution in [0, 0.1) is 5.92 Å². The molecule has 1 aromatic rings. The van der Waals surface area contributed by atoms with E-state index in [0.29, 0.717) is 24.4 Å². The number of hydrogen-bond acceptors (Lipinski definition) is 2. The molecule has 3 heteroatoms. The summed E-state index contributed by atoms with van der Waals surface area (Å²) in [6.07, 6.45) is 0.937. The van der Waals surface area contributed by atoms with Crippen molar-refractivity contribution < 1.29 is 9.90 Å². The first kappa shape index (κ1) is 16.7. The standard InChI is InChI=1S/C17H27NO2/c1-13(2)17(15-9-6-5-7-10-15)18(14(3)4)12-8-11-16(19)20/h5-7,9-10,13-14,17H,8,11-12H2,1-4H3,(H,19,20). The molecule has 1 N–H and O–H groups in total. The highest BCUT2D eigenvalue weighted by atomic mass is 16.4. The lowest BCUT2D eigenvalue weighted by molar-refractivity contribution is -0.137. The van der Waals surface area contributed by atoms with E-state index in [-0.39, 0.29) is 6.42 Å². The first-order valence-electron chi connectivity index (χ1n) is 7.46. The Kier molecular flexibility index (Phi) is 6.73. The van der Waals surface area contributed by atoms with Crippen LogP contribution in [0.5, 0.6) is 0 Å². The second-order valence-electron chi connectivity index (χ2n) is 5.93. The lowest BCUT2D eigenvalue weighted by atomic mass is 9.93. The Balaban J connectivity index is 2.87. The van der Waals surface area contributed by atoms with Crippen molar-refractivity contribution in [2.24, 2.45) is 5.92 Å². The highest BCUT2D eigenvalue weighted by Crippen LogP contribution is 2.30. The summed E-state index contributed by atoms with van der Waals surface area (Å²) in [4.78, 5) is 13.1. The molecule has 0 aliphatic carbocycles. The van der Waals surface area contributed by atoms with Gasteiger partial charge in [0.25, 0.3) is 0 Å². The van der Waals surface area contributed by atoms with Crippen LogP contribution in [0.4, 0.5) is 0 Å². The first-order valence-corrected chi connectivity index (χ1v) is 7.46. The van der Waals surface area contributed by atoms with Gasteiger partial charge in [0.2, 0.25) is 0 Å². The lowest BCUT2D eigenvalue weighted by Gasteiger charge is -2.38. The molecule has 1 unspecified atom stereocenters. The van der Waals surface area contributed by atoms with E-state index in [1.807, 2.05) is 6.07 Å². The van der Waals surface area contributed by atoms with Gasteiger partial charge in [-0.3, -0.25) is 9.69 Å². The third-order valence-corrected chi connectivity index (χ3v) is 3.60. The van der Waals surface area contributed by atoms with Gasteiger partial charge in [0.15, 0.2) is 0 Å². The summed E-state index contributed by atoms with van der Waals surface area (Å²) in [7, 11) is 0. The predicted octanol–water partition coefficient (Wildman–Crippen LogP) is 3.96. The number of rotatable bonds is 8. The maximum Gasteiger partial charge on any atom is 0.303 e. The number of nitrogens with zero attached hydrogens (tertiary/aromatic N) is 1. The quantitative estimate of drug-likeness (QED) is 0.782. The number of hydrogen-bond donors (Lipinski definition) is 1. The molecule has 0 saturated carbocycles. The molecule has 3 nitrogen and oxygen atoms in total. The fourth-order valence-corrected chi connectivity index (χ4v) is 2.74. The van der Waals surface area contributed by atoms with Crippen molar-refractivity contribution >= 4 is 5.97 Å². The Morgan fingerprint density at radius 2 is 1.75 bits per heavy atom. The van der Waals surface area contributed by atoms with Crippen molar-refractivity contribution in [1.29, 1.82) is 0 Å². The van der Waals surface area contributed by atoms with Crippen molar-refractivity contribution in [3.63, 3.8) is 0 Å². The zero-order chi connectivity index (χ0) is 15.1. The zero-order valence-corrected chi connectivity index (χ0v) is 13.0. The number of aliphatic carboxylic acids is 1. The van der Waals surface area contributed by atoms with E-state index < -0.39 is 5.97 Å². The summed E-state index contributed by atoms with van der Waals surface area (Å²) in [5.74, 6) is -0.223. The summed E-state index contributed by atoms with van der Waals surface area (Å²) in [6.45, 7) is 9.63. The Bertz CT molecular complexity index is 401. The molecule has 1 rings (SSSR count). The van der Waals surface area contributed by atoms with Gasteiger partial charge in [-0.15, -0.1) is 0 Å². The van der Waals surface area contributed by atoms with Gasteiger partial charge in [-0.05, 0) is 38.3 Å². The molecule has 0 amide bonds. The van der Waals surface area contributed by atoms with Crippen LogP contribution in [0.15, 0.2) is 30.3 Å². The number of carboxylic acid groups (broad SMARTS) is 1. The van der Waals surface area contributed by atoms with E-state index in [0.717, 1.165) is 6.54 Å². The van der Waals surface area contributed by atoms with Gasteiger partial charge in [-0.25, -0.2) is 0 Å². The predicted molar refractivity (Wildman–Crippen MR) is 82.7 cm³/mol. The molecule has 0 radical (unpaired) electrons. The molecule has 0 aliphatic rings. The fraction of sp³-hybridized carbons (Fsp3) is 0.588. The van der Waals surface area contributed by atoms with E-state index in [2.05, 4.69) is 56.9 Å². The molecular formula is C17H27NO2. The Morgan fingerprint density at radius 3 is 2.20 bits per heavy atom. The SMILES string of the molecule is CC(C)C(c1ccccc1)N(CCCC(=O)O)C(C)C. The van der Waals surface area contributed by atoms with Crippen molar-refractivity contribution in [3.05, 3.63) is 35.9 Å². The summed E-state index contributed by atoms with van der Waals surface area (Å²) in [6, 6.07) is 11.2. The third kappa shape index (κ3) is 4.97. The van der Waals surface area contributed by atoms with E-state index in [4.69, 9.17) is 5.11 Å². The molecule has 1 aromatic carbocycles. The summed E-state index contributed by atoms with van der Waals surface area (Å²) >= 11 is 0. The van der Waals surface area contributed by atoms with Crippen molar-refractivity contribution in [2.75, 3.05) is 6.54 Å². The van der Waals surface area contributed by atoms with Crippen LogP contribution in [-0.4, -0.2) is 28.6 Å². The smallest absolute Gasteiger partial charge is 0.303 e.